The largest absolute Gasteiger partial charge is 0.469 e. The first-order valence-corrected chi connectivity index (χ1v) is 11.2. The van der Waals surface area contributed by atoms with Gasteiger partial charge in [0.1, 0.15) is 5.76 Å². The molecule has 1 aliphatic carbocycles. The van der Waals surface area contributed by atoms with Crippen LogP contribution in [0.3, 0.4) is 0 Å². The van der Waals surface area contributed by atoms with E-state index in [1.807, 2.05) is 23.6 Å². The number of nitrogens with zero attached hydrogens (tertiary/aromatic N) is 4. The summed E-state index contributed by atoms with van der Waals surface area (Å²) < 4.78 is 7.42. The molecule has 4 rings (SSSR count). The third-order valence-electron chi connectivity index (χ3n) is 6.02. The third kappa shape index (κ3) is 3.77. The lowest BCUT2D eigenvalue weighted by atomic mass is 9.78. The predicted octanol–water partition coefficient (Wildman–Crippen LogP) is 4.31. The van der Waals surface area contributed by atoms with Crippen LogP contribution in [0.1, 0.15) is 44.3 Å². The summed E-state index contributed by atoms with van der Waals surface area (Å²) in [4.78, 5) is 15.1. The van der Waals surface area contributed by atoms with E-state index in [0.717, 1.165) is 41.7 Å². The molecule has 2 unspecified atom stereocenters. The Kier molecular flexibility index (Phi) is 5.90. The molecule has 0 aromatic carbocycles. The van der Waals surface area contributed by atoms with E-state index in [1.165, 1.54) is 37.4 Å². The number of hydrogen-bond donors (Lipinski definition) is 0. The van der Waals surface area contributed by atoms with Crippen LogP contribution in [0.5, 0.6) is 0 Å². The lowest BCUT2D eigenvalue weighted by Gasteiger charge is -2.44. The molecule has 0 bridgehead atoms. The number of piperidine rings is 1. The van der Waals surface area contributed by atoms with E-state index in [1.54, 1.807) is 6.26 Å². The maximum Gasteiger partial charge on any atom is 0.233 e. The molecule has 6 nitrogen and oxygen atoms in total. The minimum Gasteiger partial charge on any atom is -0.469 e. The van der Waals surface area contributed by atoms with E-state index in [9.17, 15) is 4.79 Å². The van der Waals surface area contributed by atoms with Crippen molar-refractivity contribution in [2.45, 2.75) is 63.2 Å². The van der Waals surface area contributed by atoms with E-state index >= 15 is 0 Å². The fourth-order valence-corrected chi connectivity index (χ4v) is 5.48. The van der Waals surface area contributed by atoms with Gasteiger partial charge in [0, 0.05) is 19.1 Å². The Hall–Kier alpha value is -2.02. The number of carbonyl (C=O) groups excluding carboxylic acids is 1. The zero-order valence-corrected chi connectivity index (χ0v) is 17.3. The minimum absolute atomic E-state index is 0.232. The van der Waals surface area contributed by atoms with Crippen molar-refractivity contribution in [3.8, 4) is 11.4 Å². The van der Waals surface area contributed by atoms with E-state index in [-0.39, 0.29) is 5.91 Å². The van der Waals surface area contributed by atoms with Gasteiger partial charge < -0.3 is 9.32 Å². The number of fused-ring (bicyclic) bond motifs is 1. The number of thioether (sulfide) groups is 1. The van der Waals surface area contributed by atoms with Gasteiger partial charge in [-0.15, -0.1) is 16.8 Å². The van der Waals surface area contributed by atoms with E-state index < -0.39 is 0 Å². The lowest BCUT2D eigenvalue weighted by Crippen LogP contribution is -2.50. The van der Waals surface area contributed by atoms with Crippen molar-refractivity contribution < 1.29 is 9.21 Å². The standard InChI is InChI=1S/C21H28N4O2S/c1-3-11-25-20(17-10-13-27-15(17)2)22-23-21(25)28-14-19(26)24-12-6-8-16-7-4-5-9-18(16)24/h3,10,13,16,18H,1,4-9,11-12,14H2,2H3. The van der Waals surface area contributed by atoms with E-state index in [2.05, 4.69) is 21.7 Å². The number of likely N-dealkylation sites (tertiary alicyclic amines) is 1. The number of allylic oxidation sites excluding steroid dienone is 1. The Morgan fingerprint density at radius 2 is 2.14 bits per heavy atom. The molecule has 1 saturated carbocycles. The lowest BCUT2D eigenvalue weighted by molar-refractivity contribution is -0.134. The summed E-state index contributed by atoms with van der Waals surface area (Å²) in [6, 6.07) is 2.35. The Bertz CT molecular complexity index is 841. The Labute approximate surface area is 170 Å². The van der Waals surface area contributed by atoms with Crippen LogP contribution in [0.25, 0.3) is 11.4 Å². The molecule has 1 amide bonds. The molecule has 2 fully saturated rings. The summed E-state index contributed by atoms with van der Waals surface area (Å²) in [5.41, 5.74) is 0.925. The number of aromatic nitrogens is 3. The molecule has 7 heteroatoms. The average molecular weight is 401 g/mol. The highest BCUT2D eigenvalue weighted by molar-refractivity contribution is 7.99. The molecule has 0 spiro atoms. The van der Waals surface area contributed by atoms with Crippen LogP contribution in [0.15, 0.2) is 34.6 Å². The second kappa shape index (κ2) is 8.55. The molecule has 2 aromatic rings. The van der Waals surface area contributed by atoms with Crippen molar-refractivity contribution in [1.29, 1.82) is 0 Å². The maximum absolute atomic E-state index is 13.0. The van der Waals surface area contributed by atoms with Gasteiger partial charge in [0.05, 0.1) is 17.6 Å². The van der Waals surface area contributed by atoms with Crippen molar-refractivity contribution in [3.05, 3.63) is 30.7 Å². The zero-order chi connectivity index (χ0) is 19.5. The monoisotopic (exact) mass is 400 g/mol. The third-order valence-corrected chi connectivity index (χ3v) is 6.97. The van der Waals surface area contributed by atoms with Crippen molar-refractivity contribution in [1.82, 2.24) is 19.7 Å². The highest BCUT2D eigenvalue weighted by Crippen LogP contribution is 2.36. The number of aryl methyl sites for hydroxylation is 1. The topological polar surface area (TPSA) is 64.2 Å². The highest BCUT2D eigenvalue weighted by atomic mass is 32.2. The van der Waals surface area contributed by atoms with Crippen molar-refractivity contribution in [2.24, 2.45) is 5.92 Å². The fourth-order valence-electron chi connectivity index (χ4n) is 4.65. The Morgan fingerprint density at radius 3 is 2.93 bits per heavy atom. The van der Waals surface area contributed by atoms with Crippen LogP contribution in [-0.2, 0) is 11.3 Å². The molecule has 28 heavy (non-hydrogen) atoms. The molecule has 2 atom stereocenters. The maximum atomic E-state index is 13.0. The molecule has 1 aliphatic heterocycles. The van der Waals surface area contributed by atoms with Gasteiger partial charge in [-0.25, -0.2) is 0 Å². The van der Waals surface area contributed by atoms with Gasteiger partial charge in [-0.1, -0.05) is 30.7 Å². The van der Waals surface area contributed by atoms with Gasteiger partial charge in [-0.05, 0) is 44.6 Å². The number of rotatable bonds is 6. The molecule has 3 heterocycles. The summed E-state index contributed by atoms with van der Waals surface area (Å²) in [6.45, 7) is 7.26. The molecule has 150 valence electrons. The summed E-state index contributed by atoms with van der Waals surface area (Å²) in [6.07, 6.45) is 10.9. The molecule has 1 saturated heterocycles. The second-order valence-electron chi connectivity index (χ2n) is 7.73. The van der Waals surface area contributed by atoms with E-state index in [4.69, 9.17) is 4.42 Å². The number of hydrogen-bond acceptors (Lipinski definition) is 5. The van der Waals surface area contributed by atoms with Crippen molar-refractivity contribution in [2.75, 3.05) is 12.3 Å². The molecule has 2 aromatic heterocycles. The highest BCUT2D eigenvalue weighted by Gasteiger charge is 2.35. The van der Waals surface area contributed by atoms with Crippen molar-refractivity contribution in [3.63, 3.8) is 0 Å². The first-order chi connectivity index (χ1) is 13.7. The van der Waals surface area contributed by atoms with Gasteiger partial charge >= 0.3 is 0 Å². The number of amides is 1. The summed E-state index contributed by atoms with van der Waals surface area (Å²) in [5, 5.41) is 9.45. The summed E-state index contributed by atoms with van der Waals surface area (Å²) in [7, 11) is 0. The normalized spacial score (nSPS) is 22.1. The molecule has 0 radical (unpaired) electrons. The zero-order valence-electron chi connectivity index (χ0n) is 16.5. The van der Waals surface area contributed by atoms with Crippen LogP contribution in [0.2, 0.25) is 0 Å². The smallest absolute Gasteiger partial charge is 0.233 e. The SMILES string of the molecule is C=CCn1c(SCC(=O)N2CCCC3CCCCC32)nnc1-c1ccoc1C. The van der Waals surface area contributed by atoms with Crippen LogP contribution in [0.4, 0.5) is 0 Å². The minimum atomic E-state index is 0.232. The average Bonchev–Trinajstić information content (AvgIpc) is 3.31. The van der Waals surface area contributed by atoms with Gasteiger partial charge in [0.25, 0.3) is 0 Å². The molecular weight excluding hydrogens is 372 g/mol. The molecule has 2 aliphatic rings. The van der Waals surface area contributed by atoms with Crippen LogP contribution in [-0.4, -0.2) is 43.9 Å². The summed E-state index contributed by atoms with van der Waals surface area (Å²) >= 11 is 1.47. The van der Waals surface area contributed by atoms with Gasteiger partial charge in [0.15, 0.2) is 11.0 Å². The quantitative estimate of drug-likeness (QED) is 0.534. The van der Waals surface area contributed by atoms with Crippen LogP contribution >= 0.6 is 11.8 Å². The van der Waals surface area contributed by atoms with Gasteiger partial charge in [-0.2, -0.15) is 0 Å². The first-order valence-electron chi connectivity index (χ1n) is 10.2. The van der Waals surface area contributed by atoms with E-state index in [0.29, 0.717) is 24.3 Å². The first kappa shape index (κ1) is 19.3. The number of furan rings is 1. The Balaban J connectivity index is 1.47. The van der Waals surface area contributed by atoms with Crippen molar-refractivity contribution >= 4 is 17.7 Å². The van der Waals surface area contributed by atoms with Gasteiger partial charge in [0.2, 0.25) is 5.91 Å². The summed E-state index contributed by atoms with van der Waals surface area (Å²) in [5.74, 6) is 2.91. The van der Waals surface area contributed by atoms with Crippen LogP contribution in [0, 0.1) is 12.8 Å². The fraction of sp³-hybridized carbons (Fsp3) is 0.571. The second-order valence-corrected chi connectivity index (χ2v) is 8.67. The van der Waals surface area contributed by atoms with Gasteiger partial charge in [-0.3, -0.25) is 9.36 Å². The number of carbonyl (C=O) groups is 1. The molecular formula is C21H28N4O2S. The Morgan fingerprint density at radius 1 is 1.32 bits per heavy atom. The molecule has 0 N–H and O–H groups in total. The van der Waals surface area contributed by atoms with Crippen LogP contribution < -0.4 is 0 Å². The predicted molar refractivity (Wildman–Crippen MR) is 110 cm³/mol.